The molecule has 2 rings (SSSR count). The Hall–Kier alpha value is -0.930. The maximum Gasteiger partial charge on any atom is 0.180 e. The molecule has 0 unspecified atom stereocenters. The normalized spacial score (nSPS) is 13.9. The smallest absolute Gasteiger partial charge is 0.180 e. The van der Waals surface area contributed by atoms with E-state index in [1.807, 2.05) is 13.0 Å². The van der Waals surface area contributed by atoms with Crippen molar-refractivity contribution in [3.8, 4) is 11.5 Å². The summed E-state index contributed by atoms with van der Waals surface area (Å²) in [6, 6.07) is 1.96. The Bertz CT molecular complexity index is 390. The third-order valence-corrected chi connectivity index (χ3v) is 3.19. The van der Waals surface area contributed by atoms with Gasteiger partial charge in [0.2, 0.25) is 0 Å². The molecule has 0 amide bonds. The molecule has 16 heavy (non-hydrogen) atoms. The van der Waals surface area contributed by atoms with Crippen molar-refractivity contribution in [2.75, 3.05) is 19.8 Å². The molecule has 0 radical (unpaired) electrons. The highest BCUT2D eigenvalue weighted by Gasteiger charge is 2.19. The third-order valence-electron chi connectivity index (χ3n) is 2.73. The summed E-state index contributed by atoms with van der Waals surface area (Å²) in [6.45, 7) is 3.26. The van der Waals surface area contributed by atoms with Gasteiger partial charge in [0.1, 0.15) is 13.2 Å². The summed E-state index contributed by atoms with van der Waals surface area (Å²) in [6.07, 6.45) is 1.54. The van der Waals surface area contributed by atoms with Crippen LogP contribution in [0.1, 0.15) is 17.5 Å². The summed E-state index contributed by atoms with van der Waals surface area (Å²) < 4.78 is 11.0. The molecule has 0 spiro atoms. The topological polar surface area (TPSA) is 38.7 Å². The summed E-state index contributed by atoms with van der Waals surface area (Å²) in [7, 11) is 0. The van der Waals surface area contributed by atoms with Gasteiger partial charge in [-0.15, -0.1) is 0 Å². The average Bonchev–Trinajstić information content (AvgIpc) is 2.32. The standard InChI is InChI=1S/C12H15ClO3/c1-8-9(3-2-4-14)7-10-12(11(8)13)16-6-5-15-10/h7,14H,2-6H2,1H3. The van der Waals surface area contributed by atoms with Crippen molar-refractivity contribution in [1.82, 2.24) is 0 Å². The van der Waals surface area contributed by atoms with E-state index in [4.69, 9.17) is 26.2 Å². The molecule has 0 bridgehead atoms. The lowest BCUT2D eigenvalue weighted by molar-refractivity contribution is 0.171. The molecule has 1 heterocycles. The molecule has 1 aromatic rings. The number of aliphatic hydroxyl groups excluding tert-OH is 1. The number of fused-ring (bicyclic) bond motifs is 1. The van der Waals surface area contributed by atoms with Crippen LogP contribution in [0.3, 0.4) is 0 Å². The van der Waals surface area contributed by atoms with Crippen LogP contribution in [0.5, 0.6) is 11.5 Å². The van der Waals surface area contributed by atoms with E-state index in [0.29, 0.717) is 24.0 Å². The van der Waals surface area contributed by atoms with Gasteiger partial charge in [-0.1, -0.05) is 11.6 Å². The molecule has 3 nitrogen and oxygen atoms in total. The fourth-order valence-electron chi connectivity index (χ4n) is 1.82. The first-order valence-electron chi connectivity index (χ1n) is 5.42. The number of hydrogen-bond acceptors (Lipinski definition) is 3. The molecule has 1 aliphatic heterocycles. The van der Waals surface area contributed by atoms with Crippen molar-refractivity contribution in [1.29, 1.82) is 0 Å². The zero-order valence-corrected chi connectivity index (χ0v) is 10.0. The van der Waals surface area contributed by atoms with Gasteiger partial charge in [0.25, 0.3) is 0 Å². The molecule has 0 aliphatic carbocycles. The molecule has 4 heteroatoms. The number of aliphatic hydroxyl groups is 1. The number of aryl methyl sites for hydroxylation is 1. The SMILES string of the molecule is Cc1c(CCCO)cc2c(c1Cl)OCCO2. The Labute approximate surface area is 99.9 Å². The minimum atomic E-state index is 0.186. The first-order chi connectivity index (χ1) is 7.74. The summed E-state index contributed by atoms with van der Waals surface area (Å²) in [4.78, 5) is 0. The molecule has 0 saturated heterocycles. The molecule has 1 N–H and O–H groups in total. The highest BCUT2D eigenvalue weighted by atomic mass is 35.5. The van der Waals surface area contributed by atoms with E-state index >= 15 is 0 Å². The zero-order valence-electron chi connectivity index (χ0n) is 9.25. The Balaban J connectivity index is 2.36. The average molecular weight is 243 g/mol. The summed E-state index contributed by atoms with van der Waals surface area (Å²) in [5.74, 6) is 1.37. The van der Waals surface area contributed by atoms with Crippen LogP contribution in [0.25, 0.3) is 0 Å². The number of halogens is 1. The molecule has 88 valence electrons. The largest absolute Gasteiger partial charge is 0.486 e. The minimum Gasteiger partial charge on any atom is -0.486 e. The summed E-state index contributed by atoms with van der Waals surface area (Å²) in [5.41, 5.74) is 2.13. The van der Waals surface area contributed by atoms with Gasteiger partial charge in [-0.05, 0) is 37.0 Å². The Morgan fingerprint density at radius 1 is 1.38 bits per heavy atom. The second-order valence-corrected chi connectivity index (χ2v) is 4.20. The third kappa shape index (κ3) is 2.11. The fourth-order valence-corrected chi connectivity index (χ4v) is 2.09. The zero-order chi connectivity index (χ0) is 11.5. The molecular weight excluding hydrogens is 228 g/mol. The molecule has 0 fully saturated rings. The molecular formula is C12H15ClO3. The maximum absolute atomic E-state index is 8.84. The van der Waals surface area contributed by atoms with E-state index < -0.39 is 0 Å². The predicted molar refractivity (Wildman–Crippen MR) is 62.6 cm³/mol. The van der Waals surface area contributed by atoms with E-state index in [0.717, 1.165) is 29.7 Å². The van der Waals surface area contributed by atoms with Gasteiger partial charge in [0.05, 0.1) is 5.02 Å². The Morgan fingerprint density at radius 3 is 2.88 bits per heavy atom. The lowest BCUT2D eigenvalue weighted by Crippen LogP contribution is -2.16. The molecule has 0 saturated carbocycles. The van der Waals surface area contributed by atoms with Crippen LogP contribution < -0.4 is 9.47 Å². The predicted octanol–water partition coefficient (Wildman–Crippen LogP) is 2.34. The molecule has 1 aliphatic rings. The maximum atomic E-state index is 8.84. The van der Waals surface area contributed by atoms with Crippen LogP contribution in [-0.4, -0.2) is 24.9 Å². The van der Waals surface area contributed by atoms with Crippen LogP contribution in [0.15, 0.2) is 6.07 Å². The second kappa shape index (κ2) is 4.93. The molecule has 1 aromatic carbocycles. The van der Waals surface area contributed by atoms with Crippen molar-refractivity contribution < 1.29 is 14.6 Å². The van der Waals surface area contributed by atoms with Crippen molar-refractivity contribution >= 4 is 11.6 Å². The van der Waals surface area contributed by atoms with E-state index in [9.17, 15) is 0 Å². The first-order valence-corrected chi connectivity index (χ1v) is 5.80. The Morgan fingerprint density at radius 2 is 2.12 bits per heavy atom. The van der Waals surface area contributed by atoms with Crippen LogP contribution >= 0.6 is 11.6 Å². The number of hydrogen-bond donors (Lipinski definition) is 1. The highest BCUT2D eigenvalue weighted by Crippen LogP contribution is 2.41. The van der Waals surface area contributed by atoms with Gasteiger partial charge in [-0.2, -0.15) is 0 Å². The number of benzene rings is 1. The summed E-state index contributed by atoms with van der Waals surface area (Å²) in [5, 5.41) is 9.47. The number of ether oxygens (including phenoxy) is 2. The van der Waals surface area contributed by atoms with E-state index in [2.05, 4.69) is 0 Å². The van der Waals surface area contributed by atoms with Crippen molar-refractivity contribution in [3.05, 3.63) is 22.2 Å². The minimum absolute atomic E-state index is 0.186. The van der Waals surface area contributed by atoms with Crippen LogP contribution in [-0.2, 0) is 6.42 Å². The number of rotatable bonds is 3. The van der Waals surface area contributed by atoms with Gasteiger partial charge in [0.15, 0.2) is 11.5 Å². The second-order valence-electron chi connectivity index (χ2n) is 3.83. The lowest BCUT2D eigenvalue weighted by atomic mass is 10.0. The summed E-state index contributed by atoms with van der Waals surface area (Å²) >= 11 is 6.23. The van der Waals surface area contributed by atoms with Gasteiger partial charge < -0.3 is 14.6 Å². The van der Waals surface area contributed by atoms with Crippen LogP contribution in [0.2, 0.25) is 5.02 Å². The lowest BCUT2D eigenvalue weighted by Gasteiger charge is -2.22. The van der Waals surface area contributed by atoms with E-state index in [1.165, 1.54) is 0 Å². The molecule has 0 atom stereocenters. The van der Waals surface area contributed by atoms with E-state index in [-0.39, 0.29) is 6.61 Å². The van der Waals surface area contributed by atoms with Gasteiger partial charge >= 0.3 is 0 Å². The monoisotopic (exact) mass is 242 g/mol. The van der Waals surface area contributed by atoms with Gasteiger partial charge in [0, 0.05) is 6.61 Å². The van der Waals surface area contributed by atoms with Crippen molar-refractivity contribution in [2.45, 2.75) is 19.8 Å². The highest BCUT2D eigenvalue weighted by molar-refractivity contribution is 6.33. The van der Waals surface area contributed by atoms with Crippen molar-refractivity contribution in [2.24, 2.45) is 0 Å². The van der Waals surface area contributed by atoms with Gasteiger partial charge in [-0.3, -0.25) is 0 Å². The van der Waals surface area contributed by atoms with Crippen LogP contribution in [0, 0.1) is 6.92 Å². The fraction of sp³-hybridized carbons (Fsp3) is 0.500. The van der Waals surface area contributed by atoms with Crippen LogP contribution in [0.4, 0.5) is 0 Å². The van der Waals surface area contributed by atoms with Gasteiger partial charge in [-0.25, -0.2) is 0 Å². The quantitative estimate of drug-likeness (QED) is 0.884. The van der Waals surface area contributed by atoms with Crippen molar-refractivity contribution in [3.63, 3.8) is 0 Å². The van der Waals surface area contributed by atoms with E-state index in [1.54, 1.807) is 0 Å². The first kappa shape index (κ1) is 11.6. The molecule has 0 aromatic heterocycles. The Kier molecular flexibility index (Phi) is 3.56.